The van der Waals surface area contributed by atoms with Gasteiger partial charge >= 0.3 is 11.9 Å². The molecule has 0 aliphatic heterocycles. The highest BCUT2D eigenvalue weighted by Crippen LogP contribution is 2.14. The van der Waals surface area contributed by atoms with Gasteiger partial charge in [-0.15, -0.1) is 0 Å². The number of rotatable bonds is 46. The molecule has 0 heterocycles. The second-order valence-corrected chi connectivity index (χ2v) is 16.7. The quantitative estimate of drug-likeness (QED) is 0.0347. The zero-order chi connectivity index (χ0) is 43.5. The van der Waals surface area contributed by atoms with Crippen LogP contribution in [0.4, 0.5) is 0 Å². The molecule has 0 saturated heterocycles. The third-order valence-electron chi connectivity index (χ3n) is 10.7. The summed E-state index contributed by atoms with van der Waals surface area (Å²) in [4.78, 5) is 25.2. The van der Waals surface area contributed by atoms with Crippen LogP contribution in [-0.4, -0.2) is 37.9 Å². The van der Waals surface area contributed by atoms with Crippen molar-refractivity contribution >= 4 is 11.9 Å². The zero-order valence-electron chi connectivity index (χ0n) is 39.7. The molecule has 0 spiro atoms. The Morgan fingerprint density at radius 1 is 0.383 bits per heavy atom. The first-order chi connectivity index (χ1) is 29.6. The molecule has 1 unspecified atom stereocenters. The van der Waals surface area contributed by atoms with Crippen LogP contribution in [0.2, 0.25) is 0 Å². The summed E-state index contributed by atoms with van der Waals surface area (Å²) in [6.45, 7) is 7.62. The molecule has 0 saturated carbocycles. The van der Waals surface area contributed by atoms with Crippen molar-refractivity contribution in [1.29, 1.82) is 0 Å². The van der Waals surface area contributed by atoms with Crippen molar-refractivity contribution < 1.29 is 23.8 Å². The van der Waals surface area contributed by atoms with Crippen LogP contribution in [0.15, 0.2) is 72.9 Å². The molecule has 0 amide bonds. The summed E-state index contributed by atoms with van der Waals surface area (Å²) < 4.78 is 17.3. The van der Waals surface area contributed by atoms with E-state index in [0.717, 1.165) is 89.9 Å². The lowest BCUT2D eigenvalue weighted by Crippen LogP contribution is -2.30. The minimum atomic E-state index is -0.549. The van der Waals surface area contributed by atoms with E-state index in [2.05, 4.69) is 93.7 Å². The van der Waals surface area contributed by atoms with Gasteiger partial charge in [0.25, 0.3) is 0 Å². The Labute approximate surface area is 372 Å². The van der Waals surface area contributed by atoms with Crippen molar-refractivity contribution in [2.75, 3.05) is 19.8 Å². The lowest BCUT2D eigenvalue weighted by atomic mass is 10.1. The minimum Gasteiger partial charge on any atom is -0.462 e. The summed E-state index contributed by atoms with van der Waals surface area (Å²) >= 11 is 0. The second-order valence-electron chi connectivity index (χ2n) is 16.7. The van der Waals surface area contributed by atoms with Gasteiger partial charge in [-0.1, -0.05) is 209 Å². The van der Waals surface area contributed by atoms with Gasteiger partial charge in [-0.2, -0.15) is 0 Å². The minimum absolute atomic E-state index is 0.0717. The van der Waals surface area contributed by atoms with Gasteiger partial charge in [0.05, 0.1) is 6.61 Å². The van der Waals surface area contributed by atoms with E-state index in [1.54, 1.807) is 0 Å². The van der Waals surface area contributed by atoms with E-state index in [1.807, 2.05) is 0 Å². The van der Waals surface area contributed by atoms with Crippen molar-refractivity contribution in [2.45, 2.75) is 245 Å². The summed E-state index contributed by atoms with van der Waals surface area (Å²) in [6, 6.07) is 0. The van der Waals surface area contributed by atoms with Crippen molar-refractivity contribution in [3.05, 3.63) is 72.9 Å². The van der Waals surface area contributed by atoms with E-state index < -0.39 is 6.10 Å². The van der Waals surface area contributed by atoms with Crippen molar-refractivity contribution in [1.82, 2.24) is 0 Å². The summed E-state index contributed by atoms with van der Waals surface area (Å²) in [5, 5.41) is 0. The summed E-state index contributed by atoms with van der Waals surface area (Å²) in [6.07, 6.45) is 64.9. The molecule has 0 aromatic carbocycles. The van der Waals surface area contributed by atoms with E-state index >= 15 is 0 Å². The maximum atomic E-state index is 12.7. The van der Waals surface area contributed by atoms with Crippen LogP contribution in [-0.2, 0) is 23.8 Å². The van der Waals surface area contributed by atoms with E-state index in [1.165, 1.54) is 116 Å². The lowest BCUT2D eigenvalue weighted by molar-refractivity contribution is -0.163. The number of esters is 2. The van der Waals surface area contributed by atoms with Gasteiger partial charge in [0, 0.05) is 19.4 Å². The predicted molar refractivity (Wildman–Crippen MR) is 260 cm³/mol. The van der Waals surface area contributed by atoms with Crippen LogP contribution in [0.5, 0.6) is 0 Å². The Morgan fingerprint density at radius 2 is 0.750 bits per heavy atom. The highest BCUT2D eigenvalue weighted by atomic mass is 16.6. The fourth-order valence-electron chi connectivity index (χ4n) is 6.94. The van der Waals surface area contributed by atoms with E-state index in [4.69, 9.17) is 14.2 Å². The predicted octanol–water partition coefficient (Wildman–Crippen LogP) is 17.1. The van der Waals surface area contributed by atoms with Crippen molar-refractivity contribution in [2.24, 2.45) is 0 Å². The van der Waals surface area contributed by atoms with Crippen molar-refractivity contribution in [3.63, 3.8) is 0 Å². The van der Waals surface area contributed by atoms with Crippen molar-refractivity contribution in [3.8, 4) is 0 Å². The fraction of sp³-hybridized carbons (Fsp3) is 0.745. The molecule has 0 N–H and O–H groups in total. The van der Waals surface area contributed by atoms with Crippen LogP contribution >= 0.6 is 0 Å². The Kier molecular flexibility index (Phi) is 48.4. The number of carbonyl (C=O) groups is 2. The number of carbonyl (C=O) groups excluding carboxylic acids is 2. The summed E-state index contributed by atoms with van der Waals surface area (Å²) in [5.74, 6) is -0.421. The Hall–Kier alpha value is -2.66. The van der Waals surface area contributed by atoms with E-state index in [-0.39, 0.29) is 25.2 Å². The normalized spacial score (nSPS) is 12.8. The standard InChI is InChI=1S/C55H96O5/c1-4-7-10-13-16-18-20-22-24-26-27-28-30-32-34-36-38-41-44-47-50-58-51-53(60-55(57)49-46-43-39-15-12-9-6-3)52-59-54(56)48-45-42-40-37-35-33-31-29-25-23-21-19-17-14-11-8-5-2/h7,10,16,18,22-25,27-28,32,34,53H,4-6,8-9,11-15,17,19-21,26,29-31,33,35-52H2,1-3H3/b10-7-,18-16-,24-22-,25-23-,28-27-,34-32-. The topological polar surface area (TPSA) is 61.8 Å². The highest BCUT2D eigenvalue weighted by molar-refractivity contribution is 5.70. The molecule has 0 aromatic heterocycles. The molecule has 0 aliphatic rings. The maximum Gasteiger partial charge on any atom is 0.306 e. The number of unbranched alkanes of at least 4 members (excludes halogenated alkanes) is 23. The van der Waals surface area contributed by atoms with Gasteiger partial charge in [0.2, 0.25) is 0 Å². The fourth-order valence-corrected chi connectivity index (χ4v) is 6.94. The largest absolute Gasteiger partial charge is 0.462 e. The third kappa shape index (κ3) is 48.0. The summed E-state index contributed by atoms with van der Waals surface area (Å²) in [5.41, 5.74) is 0. The van der Waals surface area contributed by atoms with Crippen LogP contribution < -0.4 is 0 Å². The summed E-state index contributed by atoms with van der Waals surface area (Å²) in [7, 11) is 0. The highest BCUT2D eigenvalue weighted by Gasteiger charge is 2.17. The number of allylic oxidation sites excluding steroid dienone is 12. The van der Waals surface area contributed by atoms with Gasteiger partial charge < -0.3 is 14.2 Å². The van der Waals surface area contributed by atoms with Crippen LogP contribution in [0.3, 0.4) is 0 Å². The third-order valence-corrected chi connectivity index (χ3v) is 10.7. The van der Waals surface area contributed by atoms with E-state index in [9.17, 15) is 9.59 Å². The SMILES string of the molecule is CC/C=C\C/C=C\C/C=C\C/C=C\C/C=C\CCCCCCOCC(COC(=O)CCCCCCCCC/C=C\CCCCCCCC)OC(=O)CCCCCCCCC. The molecule has 0 aromatic rings. The molecule has 0 bridgehead atoms. The molecular formula is C55H96O5. The molecule has 0 fully saturated rings. The van der Waals surface area contributed by atoms with Gasteiger partial charge in [0.1, 0.15) is 6.61 Å². The van der Waals surface area contributed by atoms with Crippen LogP contribution in [0.25, 0.3) is 0 Å². The zero-order valence-corrected chi connectivity index (χ0v) is 39.7. The second kappa shape index (κ2) is 50.7. The molecule has 60 heavy (non-hydrogen) atoms. The average Bonchev–Trinajstić information content (AvgIpc) is 3.25. The maximum absolute atomic E-state index is 12.7. The Bertz CT molecular complexity index is 1080. The first kappa shape index (κ1) is 57.3. The molecular weight excluding hydrogens is 741 g/mol. The average molecular weight is 837 g/mol. The van der Waals surface area contributed by atoms with E-state index in [0.29, 0.717) is 19.4 Å². The van der Waals surface area contributed by atoms with Crippen LogP contribution in [0.1, 0.15) is 239 Å². The van der Waals surface area contributed by atoms with Crippen LogP contribution in [0, 0.1) is 0 Å². The lowest BCUT2D eigenvalue weighted by Gasteiger charge is -2.18. The molecule has 346 valence electrons. The van der Waals surface area contributed by atoms with Gasteiger partial charge in [-0.3, -0.25) is 9.59 Å². The van der Waals surface area contributed by atoms with Gasteiger partial charge in [-0.25, -0.2) is 0 Å². The van der Waals surface area contributed by atoms with Gasteiger partial charge in [0.15, 0.2) is 6.10 Å². The molecule has 0 radical (unpaired) electrons. The smallest absolute Gasteiger partial charge is 0.306 e. The molecule has 1 atom stereocenters. The van der Waals surface area contributed by atoms with Gasteiger partial charge in [-0.05, 0) is 89.9 Å². The number of hydrogen-bond donors (Lipinski definition) is 0. The first-order valence-electron chi connectivity index (χ1n) is 25.5. The first-order valence-corrected chi connectivity index (χ1v) is 25.5. The molecule has 5 nitrogen and oxygen atoms in total. The Morgan fingerprint density at radius 3 is 1.22 bits per heavy atom. The monoisotopic (exact) mass is 837 g/mol. The number of hydrogen-bond acceptors (Lipinski definition) is 5. The Balaban J connectivity index is 4.18. The molecule has 5 heteroatoms. The molecule has 0 aliphatic carbocycles. The molecule has 0 rings (SSSR count). The number of ether oxygens (including phenoxy) is 3.